The molecule has 6 atom stereocenters. The van der Waals surface area contributed by atoms with E-state index in [-0.39, 0.29) is 34.7 Å². The Bertz CT molecular complexity index is 1560. The Labute approximate surface area is 246 Å². The van der Waals surface area contributed by atoms with Crippen LogP contribution in [0.4, 0.5) is 5.69 Å². The molecule has 0 spiro atoms. The maximum atomic E-state index is 14.1. The molecule has 0 aliphatic heterocycles. The molecule has 3 aliphatic carbocycles. The minimum atomic E-state index is -2.78. The Hall–Kier alpha value is -3.31. The van der Waals surface area contributed by atoms with Gasteiger partial charge in [0.2, 0.25) is 5.91 Å². The molecular formula is C29H29Cl2N3O7. The summed E-state index contributed by atoms with van der Waals surface area (Å²) in [6.07, 6.45) is 0.140. The third-order valence-electron chi connectivity index (χ3n) is 8.75. The molecule has 0 radical (unpaired) electrons. The highest BCUT2D eigenvalue weighted by Crippen LogP contribution is 2.53. The molecule has 0 aromatic heterocycles. The Balaban J connectivity index is 1.69. The highest BCUT2D eigenvalue weighted by atomic mass is 35.5. The van der Waals surface area contributed by atoms with E-state index >= 15 is 0 Å². The molecule has 5 rings (SSSR count). The zero-order valence-corrected chi connectivity index (χ0v) is 24.3. The van der Waals surface area contributed by atoms with Crippen LogP contribution in [0.2, 0.25) is 10.0 Å². The first-order chi connectivity index (χ1) is 19.1. The number of phenolic OH excluding ortho intramolecular Hbond substituents is 1. The number of likely N-dealkylation sites (N-methyl/N-ethyl adjacent to an activating group) is 1. The monoisotopic (exact) mass is 601 g/mol. The van der Waals surface area contributed by atoms with Crippen LogP contribution in [0.25, 0.3) is 11.1 Å². The molecule has 216 valence electrons. The molecule has 12 heteroatoms. The summed E-state index contributed by atoms with van der Waals surface area (Å²) in [6, 6.07) is 5.29. The van der Waals surface area contributed by atoms with Gasteiger partial charge in [-0.2, -0.15) is 0 Å². The number of anilines is 1. The summed E-state index contributed by atoms with van der Waals surface area (Å²) in [5.41, 5.74) is 4.38. The van der Waals surface area contributed by atoms with Crippen molar-refractivity contribution < 1.29 is 34.2 Å². The van der Waals surface area contributed by atoms with Crippen LogP contribution in [-0.4, -0.2) is 84.0 Å². The number of aliphatic hydroxyl groups is 1. The lowest BCUT2D eigenvalue weighted by Gasteiger charge is -2.52. The van der Waals surface area contributed by atoms with E-state index < -0.39 is 64.4 Å². The number of carbonyl (C=O) groups is 5. The van der Waals surface area contributed by atoms with Gasteiger partial charge in [-0.05, 0) is 62.2 Å². The third-order valence-corrected chi connectivity index (χ3v) is 9.49. The summed E-state index contributed by atoms with van der Waals surface area (Å²) in [5, 5.41) is 23.7. The van der Waals surface area contributed by atoms with Crippen LogP contribution in [-0.2, 0) is 25.6 Å². The van der Waals surface area contributed by atoms with E-state index in [0.29, 0.717) is 21.8 Å². The van der Waals surface area contributed by atoms with Gasteiger partial charge in [0.15, 0.2) is 34.7 Å². The van der Waals surface area contributed by atoms with Crippen LogP contribution in [0.1, 0.15) is 22.3 Å². The Kier molecular flexibility index (Phi) is 7.05. The smallest absolute Gasteiger partial charge is 0.235 e. The molecule has 1 amide bonds. The van der Waals surface area contributed by atoms with Gasteiger partial charge in [-0.15, -0.1) is 0 Å². The molecule has 2 aromatic rings. The highest BCUT2D eigenvalue weighted by molar-refractivity contribution is 6.42. The van der Waals surface area contributed by atoms with Crippen LogP contribution in [0.5, 0.6) is 5.75 Å². The average molecular weight is 602 g/mol. The zero-order chi connectivity index (χ0) is 30.3. The second-order valence-electron chi connectivity index (χ2n) is 11.5. The highest BCUT2D eigenvalue weighted by Gasteiger charge is 2.69. The Morgan fingerprint density at radius 3 is 2.24 bits per heavy atom. The second kappa shape index (κ2) is 9.90. The lowest BCUT2D eigenvalue weighted by molar-refractivity contribution is -0.181. The van der Waals surface area contributed by atoms with Gasteiger partial charge in [-0.3, -0.25) is 28.9 Å². The van der Waals surface area contributed by atoms with E-state index in [1.807, 2.05) is 0 Å². The number of hydrogen-bond acceptors (Lipinski definition) is 9. The quantitative estimate of drug-likeness (QED) is 0.445. The van der Waals surface area contributed by atoms with Gasteiger partial charge in [-0.25, -0.2) is 0 Å². The summed E-state index contributed by atoms with van der Waals surface area (Å²) in [5.74, 6) is -10.9. The molecule has 10 nitrogen and oxygen atoms in total. The first-order valence-electron chi connectivity index (χ1n) is 13.0. The lowest BCUT2D eigenvalue weighted by atomic mass is 9.52. The summed E-state index contributed by atoms with van der Waals surface area (Å²) < 4.78 is 0. The fraction of sp³-hybridized carbons (Fsp3) is 0.414. The predicted molar refractivity (Wildman–Crippen MR) is 151 cm³/mol. The number of nitrogens with two attached hydrogens (primary N) is 1. The zero-order valence-electron chi connectivity index (χ0n) is 22.8. The standard InChI is InChI=1S/C29H29Cl2N3O7/c1-33(2)18-10-13(11-5-6-16(30)17(31)9-11)23(35)20-14(18)7-12-8-15-22(34(3)4)25(37)21(28(32)40)27(39)29(15,41)26(38)19(12)24(20)36/h5-6,9-10,12,15,19,21-22,35,41H,7-8H2,1-4H3,(H2,32,40)/t12-,15-,19?,21?,22-,29-/m0/s1. The summed E-state index contributed by atoms with van der Waals surface area (Å²) >= 11 is 12.3. The van der Waals surface area contributed by atoms with Gasteiger partial charge in [0.1, 0.15) is 5.75 Å². The number of Topliss-reactive ketones (excluding diaryl/α,β-unsaturated/α-hetero) is 4. The maximum absolute atomic E-state index is 14.1. The van der Waals surface area contributed by atoms with Gasteiger partial charge in [0.05, 0.1) is 27.6 Å². The van der Waals surface area contributed by atoms with E-state index in [1.54, 1.807) is 57.4 Å². The van der Waals surface area contributed by atoms with Gasteiger partial charge in [-0.1, -0.05) is 29.3 Å². The number of benzene rings is 2. The van der Waals surface area contributed by atoms with Gasteiger partial charge in [0, 0.05) is 31.3 Å². The number of aromatic hydroxyl groups is 1. The maximum Gasteiger partial charge on any atom is 0.235 e. The van der Waals surface area contributed by atoms with Crippen molar-refractivity contribution >= 4 is 57.9 Å². The number of fused-ring (bicyclic) bond motifs is 3. The molecule has 2 aromatic carbocycles. The topological polar surface area (TPSA) is 158 Å². The van der Waals surface area contributed by atoms with Crippen molar-refractivity contribution in [2.45, 2.75) is 24.5 Å². The largest absolute Gasteiger partial charge is 0.507 e. The number of nitrogens with zero attached hydrogens (tertiary/aromatic N) is 2. The van der Waals surface area contributed by atoms with E-state index in [0.717, 1.165) is 0 Å². The van der Waals surface area contributed by atoms with Crippen molar-refractivity contribution in [2.24, 2.45) is 29.4 Å². The number of phenols is 1. The number of primary amides is 1. The summed E-state index contributed by atoms with van der Waals surface area (Å²) in [6.45, 7) is 0. The van der Waals surface area contributed by atoms with Crippen LogP contribution in [0, 0.1) is 23.7 Å². The van der Waals surface area contributed by atoms with Gasteiger partial charge < -0.3 is 20.8 Å². The van der Waals surface area contributed by atoms with Crippen molar-refractivity contribution in [3.8, 4) is 16.9 Å². The fourth-order valence-electron chi connectivity index (χ4n) is 6.93. The summed E-state index contributed by atoms with van der Waals surface area (Å²) in [7, 11) is 6.64. The number of rotatable bonds is 4. The molecule has 0 bridgehead atoms. The number of halogens is 2. The normalized spacial score (nSPS) is 29.2. The minimum absolute atomic E-state index is 0.0218. The lowest BCUT2D eigenvalue weighted by Crippen LogP contribution is -2.74. The van der Waals surface area contributed by atoms with Crippen LogP contribution >= 0.6 is 23.2 Å². The SMILES string of the molecule is CN(C)c1cc(-c2ccc(Cl)c(Cl)c2)c(O)c2c1C[C@H]1C[C@H]3[C@H](N(C)C)C(=O)C(C(N)=O)C(=O)[C@@]3(O)C(=O)C1C2=O. The number of carbonyl (C=O) groups excluding carboxylic acids is 5. The number of ketones is 4. The molecule has 3 aliphatic rings. The molecule has 0 saturated heterocycles. The van der Waals surface area contributed by atoms with E-state index in [1.165, 1.54) is 4.90 Å². The van der Waals surface area contributed by atoms with Gasteiger partial charge >= 0.3 is 0 Å². The van der Waals surface area contributed by atoms with Crippen molar-refractivity contribution in [3.63, 3.8) is 0 Å². The van der Waals surface area contributed by atoms with Crippen molar-refractivity contribution in [1.29, 1.82) is 0 Å². The third kappa shape index (κ3) is 4.11. The molecule has 41 heavy (non-hydrogen) atoms. The Morgan fingerprint density at radius 1 is 1.02 bits per heavy atom. The molecule has 0 heterocycles. The van der Waals surface area contributed by atoms with Crippen LogP contribution in [0.3, 0.4) is 0 Å². The van der Waals surface area contributed by atoms with Crippen molar-refractivity contribution in [1.82, 2.24) is 4.90 Å². The second-order valence-corrected chi connectivity index (χ2v) is 12.3. The fourth-order valence-corrected chi connectivity index (χ4v) is 7.23. The average Bonchev–Trinajstić information content (AvgIpc) is 2.87. The Morgan fingerprint density at radius 2 is 1.68 bits per heavy atom. The van der Waals surface area contributed by atoms with Crippen LogP contribution in [0.15, 0.2) is 24.3 Å². The molecular weight excluding hydrogens is 573 g/mol. The van der Waals surface area contributed by atoms with Gasteiger partial charge in [0.25, 0.3) is 0 Å². The minimum Gasteiger partial charge on any atom is -0.507 e. The molecule has 2 unspecified atom stereocenters. The predicted octanol–water partition coefficient (Wildman–Crippen LogP) is 1.91. The van der Waals surface area contributed by atoms with Crippen LogP contribution < -0.4 is 10.6 Å². The van der Waals surface area contributed by atoms with E-state index in [4.69, 9.17) is 28.9 Å². The number of hydrogen-bond donors (Lipinski definition) is 3. The van der Waals surface area contributed by atoms with Crippen molar-refractivity contribution in [3.05, 3.63) is 45.4 Å². The number of amides is 1. The van der Waals surface area contributed by atoms with Crippen molar-refractivity contribution in [2.75, 3.05) is 33.1 Å². The first-order valence-corrected chi connectivity index (χ1v) is 13.7. The summed E-state index contributed by atoms with van der Waals surface area (Å²) in [4.78, 5) is 70.3. The first kappa shape index (κ1) is 29.2. The molecule has 2 saturated carbocycles. The molecule has 2 fully saturated rings. The van der Waals surface area contributed by atoms with E-state index in [9.17, 15) is 34.2 Å². The molecule has 4 N–H and O–H groups in total. The van der Waals surface area contributed by atoms with E-state index in [2.05, 4.69) is 0 Å².